The van der Waals surface area contributed by atoms with E-state index in [-0.39, 0.29) is 5.91 Å². The molecular formula is C20H24N2O4. The number of nitrogens with zero attached hydrogens (tertiary/aromatic N) is 1. The van der Waals surface area contributed by atoms with Gasteiger partial charge in [-0.25, -0.2) is 4.79 Å². The van der Waals surface area contributed by atoms with Crippen molar-refractivity contribution in [2.45, 2.75) is 26.3 Å². The number of amides is 1. The number of likely N-dealkylation sites (N-methyl/N-ethyl adjacent to an activating group) is 1. The van der Waals surface area contributed by atoms with Crippen LogP contribution in [0.2, 0.25) is 0 Å². The normalized spacial score (nSPS) is 11.6. The smallest absolute Gasteiger partial charge is 0.437 e. The van der Waals surface area contributed by atoms with E-state index < -0.39 is 12.2 Å². The van der Waals surface area contributed by atoms with Gasteiger partial charge >= 0.3 is 6.16 Å². The number of aryl methyl sites for hydroxylation is 2. The lowest BCUT2D eigenvalue weighted by atomic mass is 9.95. The third kappa shape index (κ3) is 4.61. The first-order valence-corrected chi connectivity index (χ1v) is 8.27. The highest BCUT2D eigenvalue weighted by Crippen LogP contribution is 2.24. The molecule has 6 heteroatoms. The fourth-order valence-electron chi connectivity index (χ4n) is 2.81. The lowest BCUT2D eigenvalue weighted by molar-refractivity contribution is -0.119. The summed E-state index contributed by atoms with van der Waals surface area (Å²) in [4.78, 5) is 25.4. The number of anilines is 1. The first kappa shape index (κ1) is 19.5. The van der Waals surface area contributed by atoms with Crippen molar-refractivity contribution >= 4 is 17.7 Å². The molecule has 26 heavy (non-hydrogen) atoms. The Hall–Kier alpha value is -2.86. The lowest BCUT2D eigenvalue weighted by Crippen LogP contribution is -2.43. The molecule has 6 nitrogen and oxygen atoms in total. The van der Waals surface area contributed by atoms with Gasteiger partial charge in [-0.2, -0.15) is 0 Å². The lowest BCUT2D eigenvalue weighted by Gasteiger charge is -2.22. The van der Waals surface area contributed by atoms with E-state index in [0.29, 0.717) is 12.2 Å². The number of hydrogen-bond acceptors (Lipinski definition) is 5. The second-order valence-electron chi connectivity index (χ2n) is 6.14. The maximum absolute atomic E-state index is 12.6. The van der Waals surface area contributed by atoms with Crippen molar-refractivity contribution in [2.75, 3.05) is 19.1 Å². The molecule has 0 aliphatic carbocycles. The summed E-state index contributed by atoms with van der Waals surface area (Å²) in [5.41, 5.74) is 9.72. The van der Waals surface area contributed by atoms with Crippen molar-refractivity contribution in [1.29, 1.82) is 0 Å². The van der Waals surface area contributed by atoms with Crippen LogP contribution in [0.15, 0.2) is 42.5 Å². The maximum atomic E-state index is 12.6. The number of methoxy groups -OCH3 is 1. The summed E-state index contributed by atoms with van der Waals surface area (Å²) in [5, 5.41) is 0. The SMILES string of the molecule is COC(=O)Oc1cc(C)c(C[C@H](N)C(=O)N(C)c2ccccc2)c(C)c1. The molecular weight excluding hydrogens is 332 g/mol. The molecule has 0 aliphatic heterocycles. The Morgan fingerprint density at radius 2 is 1.69 bits per heavy atom. The average molecular weight is 356 g/mol. The Morgan fingerprint density at radius 3 is 2.23 bits per heavy atom. The van der Waals surface area contributed by atoms with E-state index >= 15 is 0 Å². The monoisotopic (exact) mass is 356 g/mol. The summed E-state index contributed by atoms with van der Waals surface area (Å²) in [6.45, 7) is 3.79. The molecule has 1 atom stereocenters. The number of ether oxygens (including phenoxy) is 2. The molecule has 2 N–H and O–H groups in total. The predicted octanol–water partition coefficient (Wildman–Crippen LogP) is 2.98. The van der Waals surface area contributed by atoms with Gasteiger partial charge in [0.2, 0.25) is 5.91 Å². The predicted molar refractivity (Wildman–Crippen MR) is 100 cm³/mol. The number of carbonyl (C=O) groups is 2. The van der Waals surface area contributed by atoms with Gasteiger partial charge in [-0.15, -0.1) is 0 Å². The molecule has 0 saturated heterocycles. The molecule has 2 rings (SSSR count). The zero-order chi connectivity index (χ0) is 19.3. The van der Waals surface area contributed by atoms with Crippen molar-refractivity contribution in [3.05, 3.63) is 59.2 Å². The van der Waals surface area contributed by atoms with E-state index in [1.165, 1.54) is 7.11 Å². The molecule has 0 aromatic heterocycles. The van der Waals surface area contributed by atoms with Gasteiger partial charge in [-0.1, -0.05) is 18.2 Å². The number of hydrogen-bond donors (Lipinski definition) is 1. The highest BCUT2D eigenvalue weighted by atomic mass is 16.7. The Kier molecular flexibility index (Phi) is 6.36. The molecule has 0 bridgehead atoms. The van der Waals surface area contributed by atoms with Gasteiger partial charge in [0.25, 0.3) is 0 Å². The third-order valence-electron chi connectivity index (χ3n) is 4.25. The van der Waals surface area contributed by atoms with Gasteiger partial charge in [-0.3, -0.25) is 4.79 Å². The molecule has 0 aliphatic rings. The van der Waals surface area contributed by atoms with Crippen LogP contribution in [0.5, 0.6) is 5.75 Å². The van der Waals surface area contributed by atoms with Crippen LogP contribution in [0.25, 0.3) is 0 Å². The van der Waals surface area contributed by atoms with E-state index in [4.69, 9.17) is 10.5 Å². The molecule has 138 valence electrons. The quantitative estimate of drug-likeness (QED) is 0.658. The second-order valence-corrected chi connectivity index (χ2v) is 6.14. The van der Waals surface area contributed by atoms with E-state index in [9.17, 15) is 9.59 Å². The number of nitrogens with two attached hydrogens (primary N) is 1. The Bertz CT molecular complexity index is 767. The molecule has 0 unspecified atom stereocenters. The third-order valence-corrected chi connectivity index (χ3v) is 4.25. The summed E-state index contributed by atoms with van der Waals surface area (Å²) < 4.78 is 9.56. The topological polar surface area (TPSA) is 81.9 Å². The zero-order valence-corrected chi connectivity index (χ0v) is 15.5. The molecule has 0 radical (unpaired) electrons. The molecule has 2 aromatic carbocycles. The van der Waals surface area contributed by atoms with Crippen LogP contribution >= 0.6 is 0 Å². The molecule has 0 saturated carbocycles. The van der Waals surface area contributed by atoms with Crippen LogP contribution in [0, 0.1) is 13.8 Å². The standard InChI is InChI=1S/C20H24N2O4/c1-13-10-16(26-20(24)25-4)11-14(2)17(13)12-18(21)19(23)22(3)15-8-6-5-7-9-15/h5-11,18H,12,21H2,1-4H3/t18-/m0/s1. The minimum Gasteiger partial charge on any atom is -0.437 e. The molecule has 0 spiro atoms. The molecule has 0 heterocycles. The number of carbonyl (C=O) groups excluding carboxylic acids is 2. The summed E-state index contributed by atoms with van der Waals surface area (Å²) in [5.74, 6) is 0.238. The first-order valence-electron chi connectivity index (χ1n) is 8.27. The fourth-order valence-corrected chi connectivity index (χ4v) is 2.81. The van der Waals surface area contributed by atoms with Gasteiger partial charge in [0.05, 0.1) is 13.2 Å². The number of para-hydroxylation sites is 1. The Labute approximate surface area is 153 Å². The van der Waals surface area contributed by atoms with Gasteiger partial charge in [0.1, 0.15) is 5.75 Å². The van der Waals surface area contributed by atoms with Gasteiger partial charge in [0, 0.05) is 12.7 Å². The van der Waals surface area contributed by atoms with E-state index in [1.54, 1.807) is 24.1 Å². The van der Waals surface area contributed by atoms with Crippen LogP contribution in [0.4, 0.5) is 10.5 Å². The van der Waals surface area contributed by atoms with Gasteiger partial charge in [-0.05, 0) is 61.2 Å². The van der Waals surface area contributed by atoms with E-state index in [1.807, 2.05) is 44.2 Å². The zero-order valence-electron chi connectivity index (χ0n) is 15.5. The van der Waals surface area contributed by atoms with Crippen molar-refractivity contribution in [2.24, 2.45) is 5.73 Å². The molecule has 0 fully saturated rings. The highest BCUT2D eigenvalue weighted by Gasteiger charge is 2.21. The van der Waals surface area contributed by atoms with Crippen LogP contribution in [0.1, 0.15) is 16.7 Å². The second kappa shape index (κ2) is 8.49. The molecule has 2 aromatic rings. The van der Waals surface area contributed by atoms with Crippen LogP contribution in [-0.2, 0) is 16.0 Å². The van der Waals surface area contributed by atoms with Crippen molar-refractivity contribution < 1.29 is 19.1 Å². The van der Waals surface area contributed by atoms with E-state index in [0.717, 1.165) is 22.4 Å². The number of benzene rings is 2. The van der Waals surface area contributed by atoms with Crippen molar-refractivity contribution in [1.82, 2.24) is 0 Å². The van der Waals surface area contributed by atoms with Crippen LogP contribution in [0.3, 0.4) is 0 Å². The van der Waals surface area contributed by atoms with Crippen molar-refractivity contribution in [3.63, 3.8) is 0 Å². The maximum Gasteiger partial charge on any atom is 0.513 e. The summed E-state index contributed by atoms with van der Waals surface area (Å²) in [6, 6.07) is 12.2. The first-order chi connectivity index (χ1) is 12.3. The Balaban J connectivity index is 2.14. The minimum absolute atomic E-state index is 0.162. The summed E-state index contributed by atoms with van der Waals surface area (Å²) in [6.07, 6.45) is -0.375. The fraction of sp³-hybridized carbons (Fsp3) is 0.300. The van der Waals surface area contributed by atoms with Crippen molar-refractivity contribution in [3.8, 4) is 5.75 Å². The van der Waals surface area contributed by atoms with E-state index in [2.05, 4.69) is 4.74 Å². The Morgan fingerprint density at radius 1 is 1.12 bits per heavy atom. The average Bonchev–Trinajstić information content (AvgIpc) is 2.63. The largest absolute Gasteiger partial charge is 0.513 e. The highest BCUT2D eigenvalue weighted by molar-refractivity contribution is 5.96. The van der Waals surface area contributed by atoms with Crippen LogP contribution < -0.4 is 15.4 Å². The van der Waals surface area contributed by atoms with Gasteiger partial charge in [0.15, 0.2) is 0 Å². The minimum atomic E-state index is -0.770. The summed E-state index contributed by atoms with van der Waals surface area (Å²) >= 11 is 0. The van der Waals surface area contributed by atoms with Crippen LogP contribution in [-0.4, -0.2) is 32.3 Å². The summed E-state index contributed by atoms with van der Waals surface area (Å²) in [7, 11) is 2.97. The number of rotatable bonds is 5. The van der Waals surface area contributed by atoms with Gasteiger partial charge < -0.3 is 20.1 Å². The molecule has 1 amide bonds.